The normalized spacial score (nSPS) is 10.0. The maximum absolute atomic E-state index is 11.9. The van der Waals surface area contributed by atoms with Crippen LogP contribution in [0.15, 0.2) is 42.6 Å². The average Bonchev–Trinajstić information content (AvgIpc) is 2.53. The molecule has 21 heavy (non-hydrogen) atoms. The van der Waals surface area contributed by atoms with Gasteiger partial charge in [0.15, 0.2) is 0 Å². The van der Waals surface area contributed by atoms with Gasteiger partial charge in [0.05, 0.1) is 7.11 Å². The molecule has 1 aromatic heterocycles. The lowest BCUT2D eigenvalue weighted by Crippen LogP contribution is -2.22. The van der Waals surface area contributed by atoms with Crippen LogP contribution >= 0.6 is 0 Å². The molecule has 1 amide bonds. The quantitative estimate of drug-likeness (QED) is 0.916. The number of hydrogen-bond acceptors (Lipinski definition) is 4. The van der Waals surface area contributed by atoms with Gasteiger partial charge in [-0.3, -0.25) is 9.78 Å². The van der Waals surface area contributed by atoms with E-state index in [0.29, 0.717) is 12.2 Å². The van der Waals surface area contributed by atoms with Crippen LogP contribution in [0.1, 0.15) is 16.1 Å². The molecule has 2 aromatic rings. The van der Waals surface area contributed by atoms with Gasteiger partial charge in [0, 0.05) is 32.5 Å². The molecular weight excluding hydrogens is 266 g/mol. The Balaban J connectivity index is 2.02. The Morgan fingerprint density at radius 3 is 2.57 bits per heavy atom. The molecule has 0 atom stereocenters. The van der Waals surface area contributed by atoms with Crippen LogP contribution in [0, 0.1) is 0 Å². The van der Waals surface area contributed by atoms with Crippen LogP contribution in [-0.4, -0.2) is 37.0 Å². The molecule has 0 saturated carbocycles. The van der Waals surface area contributed by atoms with Gasteiger partial charge >= 0.3 is 0 Å². The first-order chi connectivity index (χ1) is 10.1. The molecule has 0 spiro atoms. The summed E-state index contributed by atoms with van der Waals surface area (Å²) in [5, 5.41) is 3.28. The molecule has 2 rings (SSSR count). The molecule has 0 aliphatic heterocycles. The third-order valence-electron chi connectivity index (χ3n) is 3.04. The number of aromatic nitrogens is 1. The number of nitrogens with one attached hydrogen (secondary N) is 1. The first-order valence-corrected chi connectivity index (χ1v) is 6.64. The number of carbonyl (C=O) groups is 1. The minimum atomic E-state index is -0.108. The minimum absolute atomic E-state index is 0.108. The van der Waals surface area contributed by atoms with Crippen LogP contribution in [0.25, 0.3) is 0 Å². The number of pyridine rings is 1. The SMILES string of the molecule is COc1ccc(CNc2ccnc(C(=O)N(C)C)c2)cc1. The van der Waals surface area contributed by atoms with Crippen molar-refractivity contribution in [3.05, 3.63) is 53.9 Å². The molecule has 110 valence electrons. The number of rotatable bonds is 5. The lowest BCUT2D eigenvalue weighted by molar-refractivity contribution is 0.0822. The summed E-state index contributed by atoms with van der Waals surface area (Å²) in [6.07, 6.45) is 1.63. The second-order valence-electron chi connectivity index (χ2n) is 4.83. The molecular formula is C16H19N3O2. The lowest BCUT2D eigenvalue weighted by atomic mass is 10.2. The van der Waals surface area contributed by atoms with E-state index in [2.05, 4.69) is 10.3 Å². The van der Waals surface area contributed by atoms with Crippen molar-refractivity contribution in [2.45, 2.75) is 6.54 Å². The van der Waals surface area contributed by atoms with Crippen molar-refractivity contribution < 1.29 is 9.53 Å². The second kappa shape index (κ2) is 6.74. The van der Waals surface area contributed by atoms with Gasteiger partial charge in [-0.05, 0) is 29.8 Å². The zero-order valence-corrected chi connectivity index (χ0v) is 12.5. The Bertz CT molecular complexity index is 609. The van der Waals surface area contributed by atoms with E-state index in [1.165, 1.54) is 4.90 Å². The van der Waals surface area contributed by atoms with Crippen LogP contribution < -0.4 is 10.1 Å². The van der Waals surface area contributed by atoms with E-state index in [4.69, 9.17) is 4.74 Å². The van der Waals surface area contributed by atoms with Crippen molar-refractivity contribution in [2.24, 2.45) is 0 Å². The smallest absolute Gasteiger partial charge is 0.272 e. The minimum Gasteiger partial charge on any atom is -0.497 e. The predicted octanol–water partition coefficient (Wildman–Crippen LogP) is 2.40. The topological polar surface area (TPSA) is 54.5 Å². The number of nitrogens with zero attached hydrogens (tertiary/aromatic N) is 2. The summed E-state index contributed by atoms with van der Waals surface area (Å²) >= 11 is 0. The molecule has 0 aliphatic carbocycles. The molecule has 5 heteroatoms. The van der Waals surface area contributed by atoms with Crippen LogP contribution in [0.4, 0.5) is 5.69 Å². The lowest BCUT2D eigenvalue weighted by Gasteiger charge is -2.11. The molecule has 1 heterocycles. The largest absolute Gasteiger partial charge is 0.497 e. The highest BCUT2D eigenvalue weighted by atomic mass is 16.5. The molecule has 0 unspecified atom stereocenters. The Morgan fingerprint density at radius 1 is 1.24 bits per heavy atom. The van der Waals surface area contributed by atoms with E-state index in [1.54, 1.807) is 33.5 Å². The second-order valence-corrected chi connectivity index (χ2v) is 4.83. The fourth-order valence-corrected chi connectivity index (χ4v) is 1.83. The van der Waals surface area contributed by atoms with Crippen molar-refractivity contribution in [2.75, 3.05) is 26.5 Å². The van der Waals surface area contributed by atoms with Crippen molar-refractivity contribution in [3.63, 3.8) is 0 Å². The van der Waals surface area contributed by atoms with E-state index in [0.717, 1.165) is 17.0 Å². The summed E-state index contributed by atoms with van der Waals surface area (Å²) in [7, 11) is 5.07. The van der Waals surface area contributed by atoms with E-state index >= 15 is 0 Å². The fraction of sp³-hybridized carbons (Fsp3) is 0.250. The van der Waals surface area contributed by atoms with Crippen LogP contribution in [-0.2, 0) is 6.54 Å². The third kappa shape index (κ3) is 3.95. The summed E-state index contributed by atoms with van der Waals surface area (Å²) in [4.78, 5) is 17.5. The van der Waals surface area contributed by atoms with Gasteiger partial charge in [-0.1, -0.05) is 12.1 Å². The number of methoxy groups -OCH3 is 1. The van der Waals surface area contributed by atoms with Crippen LogP contribution in [0.3, 0.4) is 0 Å². The molecule has 0 saturated heterocycles. The van der Waals surface area contributed by atoms with Crippen molar-refractivity contribution in [1.29, 1.82) is 0 Å². The Hall–Kier alpha value is -2.56. The number of hydrogen-bond donors (Lipinski definition) is 1. The maximum atomic E-state index is 11.9. The zero-order chi connectivity index (χ0) is 15.2. The van der Waals surface area contributed by atoms with E-state index in [1.807, 2.05) is 30.3 Å². The van der Waals surface area contributed by atoms with Gasteiger partial charge < -0.3 is 15.0 Å². The predicted molar refractivity (Wildman–Crippen MR) is 82.6 cm³/mol. The molecule has 5 nitrogen and oxygen atoms in total. The zero-order valence-electron chi connectivity index (χ0n) is 12.5. The number of carbonyl (C=O) groups excluding carboxylic acids is 1. The Labute approximate surface area is 124 Å². The Kier molecular flexibility index (Phi) is 4.77. The number of anilines is 1. The summed E-state index contributed by atoms with van der Waals surface area (Å²) in [6, 6.07) is 11.4. The number of amides is 1. The van der Waals surface area contributed by atoms with Gasteiger partial charge in [0.25, 0.3) is 5.91 Å². The van der Waals surface area contributed by atoms with E-state index < -0.39 is 0 Å². The molecule has 0 aliphatic rings. The van der Waals surface area contributed by atoms with Crippen molar-refractivity contribution in [1.82, 2.24) is 9.88 Å². The van der Waals surface area contributed by atoms with Gasteiger partial charge in [0.2, 0.25) is 0 Å². The average molecular weight is 285 g/mol. The van der Waals surface area contributed by atoms with Gasteiger partial charge in [-0.2, -0.15) is 0 Å². The number of benzene rings is 1. The van der Waals surface area contributed by atoms with Gasteiger partial charge in [-0.15, -0.1) is 0 Å². The van der Waals surface area contributed by atoms with E-state index in [-0.39, 0.29) is 5.91 Å². The van der Waals surface area contributed by atoms with Gasteiger partial charge in [0.1, 0.15) is 11.4 Å². The summed E-state index contributed by atoms with van der Waals surface area (Å²) in [6.45, 7) is 0.670. The van der Waals surface area contributed by atoms with Crippen molar-refractivity contribution >= 4 is 11.6 Å². The summed E-state index contributed by atoms with van der Waals surface area (Å²) < 4.78 is 5.13. The molecule has 0 fully saturated rings. The fourth-order valence-electron chi connectivity index (χ4n) is 1.83. The van der Waals surface area contributed by atoms with Crippen LogP contribution in [0.5, 0.6) is 5.75 Å². The standard InChI is InChI=1S/C16H19N3O2/c1-19(2)16(20)15-10-13(8-9-17-15)18-11-12-4-6-14(21-3)7-5-12/h4-10H,11H2,1-3H3,(H,17,18). The molecule has 0 radical (unpaired) electrons. The highest BCUT2D eigenvalue weighted by Crippen LogP contribution is 2.14. The summed E-state index contributed by atoms with van der Waals surface area (Å²) in [5.41, 5.74) is 2.43. The molecule has 1 aromatic carbocycles. The number of ether oxygens (including phenoxy) is 1. The third-order valence-corrected chi connectivity index (χ3v) is 3.04. The first-order valence-electron chi connectivity index (χ1n) is 6.64. The van der Waals surface area contributed by atoms with Crippen LogP contribution in [0.2, 0.25) is 0 Å². The monoisotopic (exact) mass is 285 g/mol. The Morgan fingerprint density at radius 2 is 1.95 bits per heavy atom. The highest BCUT2D eigenvalue weighted by molar-refractivity contribution is 5.92. The first kappa shape index (κ1) is 14.8. The van der Waals surface area contributed by atoms with Crippen molar-refractivity contribution in [3.8, 4) is 5.75 Å². The van der Waals surface area contributed by atoms with E-state index in [9.17, 15) is 4.79 Å². The molecule has 0 bridgehead atoms. The molecule has 1 N–H and O–H groups in total. The summed E-state index contributed by atoms with van der Waals surface area (Å²) in [5.74, 6) is 0.727. The maximum Gasteiger partial charge on any atom is 0.272 e. The highest BCUT2D eigenvalue weighted by Gasteiger charge is 2.09. The van der Waals surface area contributed by atoms with Gasteiger partial charge in [-0.25, -0.2) is 0 Å².